The van der Waals surface area contributed by atoms with Crippen molar-refractivity contribution in [1.29, 1.82) is 10.5 Å². The van der Waals surface area contributed by atoms with Crippen LogP contribution in [0.4, 0.5) is 5.69 Å². The van der Waals surface area contributed by atoms with Gasteiger partial charge in [0.05, 0.1) is 57.6 Å². The zero-order valence-corrected chi connectivity index (χ0v) is 26.7. The van der Waals surface area contributed by atoms with E-state index in [0.29, 0.717) is 16.8 Å². The summed E-state index contributed by atoms with van der Waals surface area (Å²) < 4.78 is 4.41. The highest BCUT2D eigenvalue weighted by atomic mass is 15.0. The molecule has 9 aromatic rings. The number of rotatable bonds is 4. The molecule has 0 aliphatic heterocycles. The van der Waals surface area contributed by atoms with Crippen molar-refractivity contribution in [2.24, 2.45) is 0 Å². The Labute approximate surface area is 288 Å². The van der Waals surface area contributed by atoms with Crippen molar-refractivity contribution in [3.8, 4) is 45.8 Å². The topological polar surface area (TPSA) is 61.8 Å². The van der Waals surface area contributed by atoms with Crippen molar-refractivity contribution in [1.82, 2.24) is 9.13 Å². The number of fused-ring (bicyclic) bond motifs is 6. The molecule has 2 heterocycles. The second-order valence-corrected chi connectivity index (χ2v) is 12.3. The van der Waals surface area contributed by atoms with Crippen LogP contribution in [0.1, 0.15) is 11.1 Å². The molecule has 50 heavy (non-hydrogen) atoms. The van der Waals surface area contributed by atoms with Gasteiger partial charge < -0.3 is 9.13 Å². The number of para-hydroxylation sites is 4. The molecule has 9 rings (SSSR count). The second kappa shape index (κ2) is 11.4. The maximum Gasteiger partial charge on any atom is 0.211 e. The molecule has 0 saturated heterocycles. The lowest BCUT2D eigenvalue weighted by Gasteiger charge is -2.17. The maximum absolute atomic E-state index is 10.2. The number of hydrogen-bond donors (Lipinski definition) is 0. The summed E-state index contributed by atoms with van der Waals surface area (Å²) in [6, 6.07) is 55.4. The van der Waals surface area contributed by atoms with Crippen LogP contribution < -0.4 is 0 Å². The third-order valence-electron chi connectivity index (χ3n) is 9.57. The molecule has 0 spiro atoms. The van der Waals surface area contributed by atoms with E-state index < -0.39 is 0 Å². The SMILES string of the molecule is [C-]#[N+]c1cccc(-c2cc(C#N)cc(-c3ccc(-n4c5ccccc5c5ccccc54)cc3)c2)c1-n1c2ccccc2c2cc(C#N)ccc21. The summed E-state index contributed by atoms with van der Waals surface area (Å²) in [6.07, 6.45) is 0. The molecule has 0 N–H and O–H groups in total. The van der Waals surface area contributed by atoms with Gasteiger partial charge in [0, 0.05) is 27.2 Å². The minimum Gasteiger partial charge on any atom is -0.318 e. The van der Waals surface area contributed by atoms with Crippen molar-refractivity contribution >= 4 is 49.3 Å². The molecule has 0 unspecified atom stereocenters. The van der Waals surface area contributed by atoms with E-state index in [-0.39, 0.29) is 0 Å². The third kappa shape index (κ3) is 4.38. The quantitative estimate of drug-likeness (QED) is 0.181. The molecule has 0 amide bonds. The number of hydrogen-bond acceptors (Lipinski definition) is 2. The van der Waals surface area contributed by atoms with Gasteiger partial charge >= 0.3 is 0 Å². The van der Waals surface area contributed by atoms with Crippen LogP contribution in [0.5, 0.6) is 0 Å². The molecular weight excluding hydrogens is 611 g/mol. The van der Waals surface area contributed by atoms with Crippen LogP contribution in [0.25, 0.3) is 82.1 Å². The fraction of sp³-hybridized carbons (Fsp3) is 0. The molecule has 0 aliphatic rings. The molecule has 0 aliphatic carbocycles. The summed E-state index contributed by atoms with van der Waals surface area (Å²) in [5, 5.41) is 24.2. The van der Waals surface area contributed by atoms with E-state index in [0.717, 1.165) is 66.5 Å². The summed E-state index contributed by atoms with van der Waals surface area (Å²) >= 11 is 0. The van der Waals surface area contributed by atoms with Gasteiger partial charge in [-0.2, -0.15) is 10.5 Å². The predicted molar refractivity (Wildman–Crippen MR) is 202 cm³/mol. The second-order valence-electron chi connectivity index (χ2n) is 12.3. The summed E-state index contributed by atoms with van der Waals surface area (Å²) in [7, 11) is 0. The van der Waals surface area contributed by atoms with Gasteiger partial charge in [-0.15, -0.1) is 0 Å². The highest BCUT2D eigenvalue weighted by Crippen LogP contribution is 2.42. The fourth-order valence-corrected chi connectivity index (χ4v) is 7.39. The van der Waals surface area contributed by atoms with E-state index in [1.54, 1.807) is 0 Å². The highest BCUT2D eigenvalue weighted by molar-refractivity contribution is 6.11. The summed E-state index contributed by atoms with van der Waals surface area (Å²) in [6.45, 7) is 8.18. The number of aromatic nitrogens is 2. The molecule has 5 heteroatoms. The molecule has 0 atom stereocenters. The van der Waals surface area contributed by atoms with Crippen LogP contribution in [0, 0.1) is 29.2 Å². The van der Waals surface area contributed by atoms with Gasteiger partial charge in [0.15, 0.2) is 0 Å². The Morgan fingerprint density at radius 3 is 1.68 bits per heavy atom. The lowest BCUT2D eigenvalue weighted by atomic mass is 9.94. The van der Waals surface area contributed by atoms with Crippen LogP contribution in [-0.2, 0) is 0 Å². The van der Waals surface area contributed by atoms with Crippen molar-refractivity contribution < 1.29 is 0 Å². The van der Waals surface area contributed by atoms with E-state index in [4.69, 9.17) is 6.57 Å². The molecule has 5 nitrogen and oxygen atoms in total. The molecule has 0 saturated carbocycles. The van der Waals surface area contributed by atoms with Crippen LogP contribution in [0.2, 0.25) is 0 Å². The largest absolute Gasteiger partial charge is 0.318 e. The maximum atomic E-state index is 10.2. The lowest BCUT2D eigenvalue weighted by molar-refractivity contribution is 1.18. The number of nitriles is 2. The first kappa shape index (κ1) is 28.8. The van der Waals surface area contributed by atoms with Gasteiger partial charge in [-0.25, -0.2) is 4.85 Å². The van der Waals surface area contributed by atoms with Gasteiger partial charge in [0.1, 0.15) is 0 Å². The third-order valence-corrected chi connectivity index (χ3v) is 9.57. The van der Waals surface area contributed by atoms with Crippen LogP contribution in [0.15, 0.2) is 152 Å². The van der Waals surface area contributed by atoms with Gasteiger partial charge in [0.2, 0.25) is 5.69 Å². The van der Waals surface area contributed by atoms with Crippen LogP contribution in [-0.4, -0.2) is 9.13 Å². The summed E-state index contributed by atoms with van der Waals surface area (Å²) in [4.78, 5) is 3.97. The molecule has 2 aromatic heterocycles. The van der Waals surface area contributed by atoms with E-state index in [2.05, 4.69) is 105 Å². The predicted octanol–water partition coefficient (Wildman–Crippen LogP) is 11.5. The van der Waals surface area contributed by atoms with E-state index in [1.165, 1.54) is 10.8 Å². The Bertz CT molecular complexity index is 2900. The van der Waals surface area contributed by atoms with E-state index in [1.807, 2.05) is 72.8 Å². The first-order valence-corrected chi connectivity index (χ1v) is 16.3. The first-order chi connectivity index (χ1) is 24.7. The molecule has 0 bridgehead atoms. The Kier molecular flexibility index (Phi) is 6.56. The Balaban J connectivity index is 1.22. The van der Waals surface area contributed by atoms with Crippen molar-refractivity contribution in [2.45, 2.75) is 0 Å². The average molecular weight is 636 g/mol. The van der Waals surface area contributed by atoms with Gasteiger partial charge in [-0.1, -0.05) is 84.9 Å². The van der Waals surface area contributed by atoms with Crippen LogP contribution in [0.3, 0.4) is 0 Å². The number of nitrogens with zero attached hydrogens (tertiary/aromatic N) is 5. The minimum absolute atomic E-state index is 0.494. The molecular formula is C45H25N5. The fourth-order valence-electron chi connectivity index (χ4n) is 7.39. The normalized spacial score (nSPS) is 11.1. The van der Waals surface area contributed by atoms with Gasteiger partial charge in [-0.05, 0) is 89.0 Å². The van der Waals surface area contributed by atoms with Gasteiger partial charge in [-0.3, -0.25) is 0 Å². The van der Waals surface area contributed by atoms with E-state index >= 15 is 0 Å². The number of benzene rings is 7. The molecule has 230 valence electrons. The Hall–Kier alpha value is -7.39. The van der Waals surface area contributed by atoms with Crippen molar-refractivity contribution in [3.05, 3.63) is 174 Å². The molecule has 0 radical (unpaired) electrons. The zero-order chi connectivity index (χ0) is 33.8. The summed E-state index contributed by atoms with van der Waals surface area (Å²) in [5.74, 6) is 0. The lowest BCUT2D eigenvalue weighted by Crippen LogP contribution is -1.98. The van der Waals surface area contributed by atoms with E-state index in [9.17, 15) is 10.5 Å². The summed E-state index contributed by atoms with van der Waals surface area (Å²) in [5.41, 5.74) is 11.1. The molecule has 0 fully saturated rings. The van der Waals surface area contributed by atoms with Gasteiger partial charge in [0.25, 0.3) is 0 Å². The standard InChI is InChI=1S/C45H25N5/c1-48-40-13-8-12-35(45(40)50-43-16-7-4-11-38(43)39-25-29(27-46)17-22-44(39)50)33-24-30(28-47)23-32(26-33)31-18-20-34(21-19-31)49-41-14-5-2-9-36(41)37-10-3-6-15-42(37)49/h2-26H. The van der Waals surface area contributed by atoms with Crippen molar-refractivity contribution in [2.75, 3.05) is 0 Å². The van der Waals surface area contributed by atoms with Crippen LogP contribution >= 0.6 is 0 Å². The average Bonchev–Trinajstić information content (AvgIpc) is 3.70. The molecule has 7 aromatic carbocycles. The smallest absolute Gasteiger partial charge is 0.211 e. The first-order valence-electron chi connectivity index (χ1n) is 16.3. The Morgan fingerprint density at radius 2 is 1.04 bits per heavy atom. The van der Waals surface area contributed by atoms with Crippen molar-refractivity contribution in [3.63, 3.8) is 0 Å². The minimum atomic E-state index is 0.494. The highest BCUT2D eigenvalue weighted by Gasteiger charge is 2.20. The Morgan fingerprint density at radius 1 is 0.460 bits per heavy atom. The monoisotopic (exact) mass is 635 g/mol. The zero-order valence-electron chi connectivity index (χ0n) is 26.7.